The van der Waals surface area contributed by atoms with Crippen molar-refractivity contribution in [2.45, 2.75) is 31.9 Å². The van der Waals surface area contributed by atoms with Gasteiger partial charge in [0.15, 0.2) is 17.9 Å². The van der Waals surface area contributed by atoms with Gasteiger partial charge in [0, 0.05) is 58.5 Å². The predicted octanol–water partition coefficient (Wildman–Crippen LogP) is 4.11. The van der Waals surface area contributed by atoms with Gasteiger partial charge in [-0.3, -0.25) is 9.69 Å². The first-order chi connectivity index (χ1) is 20.4. The Labute approximate surface area is 244 Å². The van der Waals surface area contributed by atoms with Crippen molar-refractivity contribution in [3.8, 4) is 11.6 Å². The summed E-state index contributed by atoms with van der Waals surface area (Å²) in [6.45, 7) is 6.60. The first-order valence-corrected chi connectivity index (χ1v) is 14.2. The number of rotatable bonds is 11. The molecule has 0 saturated carbocycles. The number of piperazine rings is 1. The van der Waals surface area contributed by atoms with E-state index in [0.717, 1.165) is 57.0 Å². The van der Waals surface area contributed by atoms with Crippen LogP contribution in [0.15, 0.2) is 53.5 Å². The highest BCUT2D eigenvalue weighted by molar-refractivity contribution is 6.27. The van der Waals surface area contributed by atoms with Crippen LogP contribution in [0, 0.1) is 5.82 Å². The Morgan fingerprint density at radius 1 is 1.21 bits per heavy atom. The molecule has 0 amide bonds. The summed E-state index contributed by atoms with van der Waals surface area (Å²) in [4.78, 5) is 29.5. The molecule has 11 nitrogen and oxygen atoms in total. The Bertz CT molecular complexity index is 1390. The first-order valence-electron chi connectivity index (χ1n) is 14.2. The van der Waals surface area contributed by atoms with Crippen molar-refractivity contribution in [1.29, 1.82) is 0 Å². The number of nitrogens with zero attached hydrogens (tertiary/aromatic N) is 5. The molecule has 2 atom stereocenters. The summed E-state index contributed by atoms with van der Waals surface area (Å²) in [5, 5.41) is 6.38. The normalized spacial score (nSPS) is 18.5. The summed E-state index contributed by atoms with van der Waals surface area (Å²) >= 11 is 0. The summed E-state index contributed by atoms with van der Waals surface area (Å²) in [5.41, 5.74) is 7.86. The van der Waals surface area contributed by atoms with Crippen molar-refractivity contribution in [3.05, 3.63) is 59.9 Å². The molecule has 42 heavy (non-hydrogen) atoms. The molecular formula is C30H37FN8O3. The number of aromatic nitrogens is 2. The van der Waals surface area contributed by atoms with Crippen molar-refractivity contribution >= 4 is 35.3 Å². The molecule has 12 heteroatoms. The monoisotopic (exact) mass is 576 g/mol. The second-order valence-electron chi connectivity index (χ2n) is 10.3. The van der Waals surface area contributed by atoms with Gasteiger partial charge < -0.3 is 30.7 Å². The van der Waals surface area contributed by atoms with Crippen molar-refractivity contribution in [2.75, 3.05) is 61.9 Å². The maximum Gasteiger partial charge on any atom is 0.228 e. The third-order valence-corrected chi connectivity index (χ3v) is 7.58. The molecule has 3 heterocycles. The van der Waals surface area contributed by atoms with E-state index in [4.69, 9.17) is 20.2 Å². The van der Waals surface area contributed by atoms with Crippen LogP contribution in [-0.4, -0.2) is 79.5 Å². The molecule has 0 bridgehead atoms. The smallest absolute Gasteiger partial charge is 0.228 e. The molecule has 0 spiro atoms. The number of amidine groups is 1. The number of nitrogens with one attached hydrogen (secondary N) is 2. The fraction of sp³-hybridized carbons (Fsp3) is 0.400. The number of hydrogen-bond acceptors (Lipinski definition) is 10. The first kappa shape index (κ1) is 29.2. The van der Waals surface area contributed by atoms with Crippen LogP contribution < -0.4 is 26.0 Å². The summed E-state index contributed by atoms with van der Waals surface area (Å²) in [7, 11) is 1.75. The Morgan fingerprint density at radius 3 is 2.69 bits per heavy atom. The number of para-hydroxylation sites is 1. The third kappa shape index (κ3) is 7.12. The molecule has 5 rings (SSSR count). The van der Waals surface area contributed by atoms with E-state index in [2.05, 4.69) is 37.3 Å². The van der Waals surface area contributed by atoms with E-state index >= 15 is 0 Å². The van der Waals surface area contributed by atoms with Crippen LogP contribution in [0.3, 0.4) is 0 Å². The molecule has 2 saturated heterocycles. The predicted molar refractivity (Wildman–Crippen MR) is 162 cm³/mol. The van der Waals surface area contributed by atoms with Crippen LogP contribution in [0.25, 0.3) is 0 Å². The molecule has 2 aliphatic rings. The van der Waals surface area contributed by atoms with Crippen LogP contribution >= 0.6 is 0 Å². The van der Waals surface area contributed by atoms with Gasteiger partial charge in [-0.15, -0.1) is 0 Å². The molecule has 1 aromatic heterocycles. The molecule has 0 aliphatic carbocycles. The van der Waals surface area contributed by atoms with Gasteiger partial charge in [0.25, 0.3) is 0 Å². The van der Waals surface area contributed by atoms with Gasteiger partial charge in [-0.25, -0.2) is 9.38 Å². The van der Waals surface area contributed by atoms with Gasteiger partial charge >= 0.3 is 0 Å². The Morgan fingerprint density at radius 2 is 2.00 bits per heavy atom. The van der Waals surface area contributed by atoms with Crippen LogP contribution in [0.1, 0.15) is 31.4 Å². The fourth-order valence-electron chi connectivity index (χ4n) is 5.20. The average molecular weight is 577 g/mol. The average Bonchev–Trinajstić information content (AvgIpc) is 3.55. The summed E-state index contributed by atoms with van der Waals surface area (Å²) in [6, 6.07) is 14.0. The van der Waals surface area contributed by atoms with Gasteiger partial charge in [-0.2, -0.15) is 9.97 Å². The van der Waals surface area contributed by atoms with E-state index in [9.17, 15) is 9.18 Å². The number of aldehydes is 1. The van der Waals surface area contributed by atoms with Gasteiger partial charge in [-0.05, 0) is 49.6 Å². The number of aliphatic imine (C=N–C) groups is 1. The molecule has 0 radical (unpaired) electrons. The highest BCUT2D eigenvalue weighted by Crippen LogP contribution is 2.38. The molecule has 2 unspecified atom stereocenters. The lowest BCUT2D eigenvalue weighted by atomic mass is 10.1. The minimum Gasteiger partial charge on any atom is -0.436 e. The number of benzene rings is 2. The minimum atomic E-state index is -0.231. The zero-order valence-electron chi connectivity index (χ0n) is 23.9. The van der Waals surface area contributed by atoms with Gasteiger partial charge in [0.05, 0.1) is 11.8 Å². The van der Waals surface area contributed by atoms with E-state index in [1.165, 1.54) is 12.1 Å². The minimum absolute atomic E-state index is 0.109. The number of nitrogens with two attached hydrogens (primary N) is 1. The van der Waals surface area contributed by atoms with E-state index in [0.29, 0.717) is 41.8 Å². The zero-order valence-corrected chi connectivity index (χ0v) is 23.9. The molecule has 2 fully saturated rings. The maximum atomic E-state index is 13.4. The van der Waals surface area contributed by atoms with Gasteiger partial charge in [0.2, 0.25) is 11.8 Å². The van der Waals surface area contributed by atoms with Crippen LogP contribution in [-0.2, 0) is 9.53 Å². The molecular weight excluding hydrogens is 539 g/mol. The highest BCUT2D eigenvalue weighted by atomic mass is 19.1. The number of hydrogen-bond donors (Lipinski definition) is 3. The van der Waals surface area contributed by atoms with Crippen LogP contribution in [0.2, 0.25) is 0 Å². The molecule has 4 N–H and O–H groups in total. The Balaban J connectivity index is 1.37. The second-order valence-corrected chi connectivity index (χ2v) is 10.3. The zero-order chi connectivity index (χ0) is 29.5. The SMILES string of the molecule is CNc1cccc(Oc2cc(N3CCN(C(C)c4ccc(F)cc4)CC3)nc(NCC3CCCO3)n2)c1N=C(N)C=O. The van der Waals surface area contributed by atoms with Gasteiger partial charge in [-0.1, -0.05) is 18.2 Å². The molecule has 2 aliphatic heterocycles. The number of anilines is 3. The van der Waals surface area contributed by atoms with Crippen molar-refractivity contribution < 1.29 is 18.7 Å². The number of carbonyl (C=O) groups is 1. The molecule has 3 aromatic rings. The van der Waals surface area contributed by atoms with E-state index < -0.39 is 0 Å². The topological polar surface area (TPSA) is 130 Å². The summed E-state index contributed by atoms with van der Waals surface area (Å²) in [5.74, 6) is 1.47. The van der Waals surface area contributed by atoms with E-state index in [1.807, 2.05) is 24.3 Å². The number of halogens is 1. The Hall–Kier alpha value is -4.29. The standard InChI is InChI=1S/C30H37FN8O3/c1-20(21-8-10-22(31)11-9-21)38-12-14-39(15-13-38)27-17-28(37-30(36-27)34-18-23-5-4-16-41-23)42-25-7-3-6-24(33-2)29(25)35-26(32)19-40/h3,6-11,17,19-20,23,33H,4-5,12-16,18H2,1-2H3,(H2,32,35)(H,34,36,37). The molecule has 2 aromatic carbocycles. The fourth-order valence-corrected chi connectivity index (χ4v) is 5.20. The van der Waals surface area contributed by atoms with Crippen molar-refractivity contribution in [1.82, 2.24) is 14.9 Å². The quantitative estimate of drug-likeness (QED) is 0.174. The third-order valence-electron chi connectivity index (χ3n) is 7.58. The number of ether oxygens (including phenoxy) is 2. The highest BCUT2D eigenvalue weighted by Gasteiger charge is 2.25. The van der Waals surface area contributed by atoms with E-state index in [1.54, 1.807) is 19.2 Å². The van der Waals surface area contributed by atoms with Crippen LogP contribution in [0.5, 0.6) is 11.6 Å². The van der Waals surface area contributed by atoms with Crippen molar-refractivity contribution in [2.24, 2.45) is 10.7 Å². The summed E-state index contributed by atoms with van der Waals surface area (Å²) in [6.07, 6.45) is 2.62. The Kier molecular flexibility index (Phi) is 9.45. The lowest BCUT2D eigenvalue weighted by Crippen LogP contribution is -2.47. The van der Waals surface area contributed by atoms with Crippen LogP contribution in [0.4, 0.5) is 27.5 Å². The van der Waals surface area contributed by atoms with E-state index in [-0.39, 0.29) is 23.8 Å². The second kappa shape index (κ2) is 13.6. The lowest BCUT2D eigenvalue weighted by molar-refractivity contribution is -0.102. The maximum absolute atomic E-state index is 13.4. The van der Waals surface area contributed by atoms with Crippen molar-refractivity contribution in [3.63, 3.8) is 0 Å². The summed E-state index contributed by atoms with van der Waals surface area (Å²) < 4.78 is 25.4. The largest absolute Gasteiger partial charge is 0.436 e. The molecule has 222 valence electrons. The van der Waals surface area contributed by atoms with Gasteiger partial charge in [0.1, 0.15) is 17.3 Å². The number of carbonyl (C=O) groups excluding carboxylic acids is 1. The lowest BCUT2D eigenvalue weighted by Gasteiger charge is -2.38.